The highest BCUT2D eigenvalue weighted by Crippen LogP contribution is 2.30. The van der Waals surface area contributed by atoms with E-state index in [9.17, 15) is 14.4 Å². The number of benzene rings is 2. The first-order valence-electron chi connectivity index (χ1n) is 8.53. The third-order valence-corrected chi connectivity index (χ3v) is 4.09. The number of esters is 2. The second-order valence-corrected chi connectivity index (χ2v) is 5.86. The van der Waals surface area contributed by atoms with Gasteiger partial charge in [-0.15, -0.1) is 0 Å². The lowest BCUT2D eigenvalue weighted by atomic mass is 9.94. The molecule has 0 saturated carbocycles. The van der Waals surface area contributed by atoms with Gasteiger partial charge in [0.1, 0.15) is 12.5 Å². The van der Waals surface area contributed by atoms with E-state index in [1.165, 1.54) is 26.4 Å². The van der Waals surface area contributed by atoms with Crippen molar-refractivity contribution < 1.29 is 33.3 Å². The van der Waals surface area contributed by atoms with Gasteiger partial charge < -0.3 is 18.9 Å². The number of ketones is 1. The Kier molecular flexibility index (Phi) is 7.56. The van der Waals surface area contributed by atoms with Gasteiger partial charge in [-0.3, -0.25) is 14.4 Å². The topological polar surface area (TPSA) is 88.1 Å². The summed E-state index contributed by atoms with van der Waals surface area (Å²) in [4.78, 5) is 36.3. The lowest BCUT2D eigenvalue weighted by molar-refractivity contribution is -0.150. The SMILES string of the molecule is COC(=O)CC(C(=O)OC)C(=O)c1ccc(OCc2ccccc2)c(OC)c1. The Hall–Kier alpha value is -3.35. The summed E-state index contributed by atoms with van der Waals surface area (Å²) in [6, 6.07) is 14.2. The van der Waals surface area contributed by atoms with Crippen LogP contribution in [0.2, 0.25) is 0 Å². The standard InChI is InChI=1S/C21H22O7/c1-25-18-11-15(20(23)16(21(24)27-3)12-19(22)26-2)9-10-17(18)28-13-14-7-5-4-6-8-14/h4-11,16H,12-13H2,1-3H3. The van der Waals surface area contributed by atoms with Crippen LogP contribution < -0.4 is 9.47 Å². The summed E-state index contributed by atoms with van der Waals surface area (Å²) in [5, 5.41) is 0. The average molecular weight is 386 g/mol. The molecule has 0 spiro atoms. The van der Waals surface area contributed by atoms with Crippen LogP contribution in [0.25, 0.3) is 0 Å². The van der Waals surface area contributed by atoms with E-state index in [0.717, 1.165) is 12.7 Å². The van der Waals surface area contributed by atoms with Crippen molar-refractivity contribution in [2.75, 3.05) is 21.3 Å². The number of hydrogen-bond donors (Lipinski definition) is 0. The van der Waals surface area contributed by atoms with Gasteiger partial charge in [0.25, 0.3) is 0 Å². The summed E-state index contributed by atoms with van der Waals surface area (Å²) in [6.45, 7) is 0.331. The van der Waals surface area contributed by atoms with Crippen LogP contribution in [-0.4, -0.2) is 39.1 Å². The highest BCUT2D eigenvalue weighted by atomic mass is 16.5. The van der Waals surface area contributed by atoms with Crippen LogP contribution in [0.1, 0.15) is 22.3 Å². The van der Waals surface area contributed by atoms with Crippen molar-refractivity contribution in [3.05, 3.63) is 59.7 Å². The van der Waals surface area contributed by atoms with E-state index in [1.807, 2.05) is 30.3 Å². The molecule has 0 saturated heterocycles. The Morgan fingerprint density at radius 1 is 0.893 bits per heavy atom. The van der Waals surface area contributed by atoms with Crippen molar-refractivity contribution in [1.29, 1.82) is 0 Å². The van der Waals surface area contributed by atoms with Gasteiger partial charge in [-0.1, -0.05) is 30.3 Å². The largest absolute Gasteiger partial charge is 0.493 e. The van der Waals surface area contributed by atoms with Gasteiger partial charge in [0.15, 0.2) is 17.3 Å². The van der Waals surface area contributed by atoms with E-state index in [4.69, 9.17) is 9.47 Å². The fourth-order valence-corrected chi connectivity index (χ4v) is 2.55. The first kappa shape index (κ1) is 21.0. The van der Waals surface area contributed by atoms with E-state index < -0.39 is 30.1 Å². The molecule has 2 rings (SSSR count). The Morgan fingerprint density at radius 3 is 2.21 bits per heavy atom. The van der Waals surface area contributed by atoms with Gasteiger partial charge in [0, 0.05) is 5.56 Å². The molecule has 0 N–H and O–H groups in total. The highest BCUT2D eigenvalue weighted by molar-refractivity contribution is 6.10. The van der Waals surface area contributed by atoms with Crippen LogP contribution >= 0.6 is 0 Å². The van der Waals surface area contributed by atoms with Gasteiger partial charge in [-0.2, -0.15) is 0 Å². The maximum absolute atomic E-state index is 12.8. The molecule has 1 atom stereocenters. The fraction of sp³-hybridized carbons (Fsp3) is 0.286. The molecule has 0 aromatic heterocycles. The molecular formula is C21H22O7. The Labute approximate surface area is 163 Å². The zero-order valence-corrected chi connectivity index (χ0v) is 16.0. The van der Waals surface area contributed by atoms with E-state index in [0.29, 0.717) is 18.1 Å². The Bertz CT molecular complexity index is 830. The lowest BCUT2D eigenvalue weighted by Gasteiger charge is -2.15. The molecule has 0 amide bonds. The Morgan fingerprint density at radius 2 is 1.61 bits per heavy atom. The summed E-state index contributed by atoms with van der Waals surface area (Å²) in [7, 11) is 3.79. The van der Waals surface area contributed by atoms with Gasteiger partial charge in [-0.25, -0.2) is 0 Å². The highest BCUT2D eigenvalue weighted by Gasteiger charge is 2.32. The number of Topliss-reactive ketones (excluding diaryl/α,β-unsaturated/α-hetero) is 1. The van der Waals surface area contributed by atoms with Crippen LogP contribution in [0.15, 0.2) is 48.5 Å². The van der Waals surface area contributed by atoms with Crippen LogP contribution in [0.4, 0.5) is 0 Å². The summed E-state index contributed by atoms with van der Waals surface area (Å²) >= 11 is 0. The van der Waals surface area contributed by atoms with E-state index in [1.54, 1.807) is 6.07 Å². The van der Waals surface area contributed by atoms with Crippen molar-refractivity contribution in [2.45, 2.75) is 13.0 Å². The van der Waals surface area contributed by atoms with E-state index in [2.05, 4.69) is 9.47 Å². The summed E-state index contributed by atoms with van der Waals surface area (Å²) < 4.78 is 20.3. The van der Waals surface area contributed by atoms with E-state index >= 15 is 0 Å². The number of methoxy groups -OCH3 is 3. The maximum Gasteiger partial charge on any atom is 0.317 e. The second kappa shape index (κ2) is 10.1. The van der Waals surface area contributed by atoms with Crippen molar-refractivity contribution in [3.63, 3.8) is 0 Å². The summed E-state index contributed by atoms with van der Waals surface area (Å²) in [5.74, 6) is -2.56. The molecule has 148 valence electrons. The van der Waals surface area contributed by atoms with Crippen LogP contribution in [0, 0.1) is 5.92 Å². The van der Waals surface area contributed by atoms with Crippen molar-refractivity contribution in [3.8, 4) is 11.5 Å². The molecule has 2 aromatic carbocycles. The van der Waals surface area contributed by atoms with E-state index in [-0.39, 0.29) is 5.56 Å². The lowest BCUT2D eigenvalue weighted by Crippen LogP contribution is -2.28. The van der Waals surface area contributed by atoms with Gasteiger partial charge in [0.05, 0.1) is 27.8 Å². The summed E-state index contributed by atoms with van der Waals surface area (Å²) in [6.07, 6.45) is -0.406. The molecule has 28 heavy (non-hydrogen) atoms. The molecule has 2 aromatic rings. The third kappa shape index (κ3) is 5.33. The molecular weight excluding hydrogens is 364 g/mol. The zero-order valence-electron chi connectivity index (χ0n) is 16.0. The minimum Gasteiger partial charge on any atom is -0.493 e. The van der Waals surface area contributed by atoms with Crippen molar-refractivity contribution in [1.82, 2.24) is 0 Å². The average Bonchev–Trinajstić information content (AvgIpc) is 2.75. The summed E-state index contributed by atoms with van der Waals surface area (Å²) in [5.41, 5.74) is 1.18. The Balaban J connectivity index is 2.21. The van der Waals surface area contributed by atoms with Gasteiger partial charge in [0.2, 0.25) is 0 Å². The quantitative estimate of drug-likeness (QED) is 0.372. The molecule has 0 aliphatic rings. The fourth-order valence-electron chi connectivity index (χ4n) is 2.55. The monoisotopic (exact) mass is 386 g/mol. The maximum atomic E-state index is 12.8. The molecule has 1 unspecified atom stereocenters. The molecule has 0 aliphatic carbocycles. The molecule has 7 heteroatoms. The number of rotatable bonds is 9. The second-order valence-electron chi connectivity index (χ2n) is 5.86. The minimum atomic E-state index is -1.29. The number of hydrogen-bond acceptors (Lipinski definition) is 7. The van der Waals surface area contributed by atoms with Gasteiger partial charge >= 0.3 is 11.9 Å². The third-order valence-electron chi connectivity index (χ3n) is 4.09. The number of carbonyl (C=O) groups is 3. The predicted molar refractivity (Wildman–Crippen MR) is 100 cm³/mol. The molecule has 0 bridgehead atoms. The minimum absolute atomic E-state index is 0.197. The molecule has 0 radical (unpaired) electrons. The first-order valence-corrected chi connectivity index (χ1v) is 8.53. The normalized spacial score (nSPS) is 11.2. The van der Waals surface area contributed by atoms with Crippen LogP contribution in [0.3, 0.4) is 0 Å². The molecule has 0 heterocycles. The molecule has 0 aliphatic heterocycles. The number of ether oxygens (including phenoxy) is 4. The van der Waals surface area contributed by atoms with Gasteiger partial charge in [-0.05, 0) is 23.8 Å². The van der Waals surface area contributed by atoms with Crippen LogP contribution in [-0.2, 0) is 25.7 Å². The molecule has 0 fully saturated rings. The smallest absolute Gasteiger partial charge is 0.317 e. The van der Waals surface area contributed by atoms with Crippen LogP contribution in [0.5, 0.6) is 11.5 Å². The van der Waals surface area contributed by atoms with Crippen molar-refractivity contribution in [2.24, 2.45) is 5.92 Å². The molecule has 7 nitrogen and oxygen atoms in total. The zero-order chi connectivity index (χ0) is 20.5. The number of carbonyl (C=O) groups excluding carboxylic acids is 3. The predicted octanol–water partition coefficient (Wildman–Crippen LogP) is 2.81. The van der Waals surface area contributed by atoms with Crippen molar-refractivity contribution >= 4 is 17.7 Å². The first-order chi connectivity index (χ1) is 13.5.